The molecule has 2 amide bonds. The Balaban J connectivity index is 1.71. The van der Waals surface area contributed by atoms with Crippen LogP contribution in [0.2, 0.25) is 5.02 Å². The summed E-state index contributed by atoms with van der Waals surface area (Å²) in [5.41, 5.74) is 1.47. The minimum atomic E-state index is -3.05. The molecule has 3 rings (SSSR count). The number of benzene rings is 1. The number of amides is 2. The largest absolute Gasteiger partial charge is 0.495 e. The number of aromatic nitrogens is 1. The second kappa shape index (κ2) is 10.3. The van der Waals surface area contributed by atoms with Gasteiger partial charge >= 0.3 is 6.03 Å². The summed E-state index contributed by atoms with van der Waals surface area (Å²) in [4.78, 5) is 19.2. The van der Waals surface area contributed by atoms with E-state index in [9.17, 15) is 13.2 Å². The fourth-order valence-electron chi connectivity index (χ4n) is 3.59. The van der Waals surface area contributed by atoms with Gasteiger partial charge in [0.05, 0.1) is 19.1 Å². The van der Waals surface area contributed by atoms with E-state index in [4.69, 9.17) is 16.3 Å². The van der Waals surface area contributed by atoms with Gasteiger partial charge in [-0.3, -0.25) is 4.98 Å². The summed E-state index contributed by atoms with van der Waals surface area (Å²) in [6, 6.07) is 10.1. The zero-order valence-electron chi connectivity index (χ0n) is 17.5. The Morgan fingerprint density at radius 1 is 1.26 bits per heavy atom. The molecule has 1 aliphatic heterocycles. The van der Waals surface area contributed by atoms with Crippen molar-refractivity contribution in [3.63, 3.8) is 0 Å². The van der Waals surface area contributed by atoms with Crippen molar-refractivity contribution in [2.24, 2.45) is 0 Å². The van der Waals surface area contributed by atoms with Crippen molar-refractivity contribution < 1.29 is 17.9 Å². The molecule has 1 saturated heterocycles. The van der Waals surface area contributed by atoms with E-state index in [1.54, 1.807) is 37.6 Å². The highest BCUT2D eigenvalue weighted by atomic mass is 35.5. The van der Waals surface area contributed by atoms with E-state index < -0.39 is 9.84 Å². The lowest BCUT2D eigenvalue weighted by molar-refractivity contribution is 0.180. The molecule has 0 bridgehead atoms. The van der Waals surface area contributed by atoms with E-state index in [-0.39, 0.29) is 23.7 Å². The molecule has 1 aromatic carbocycles. The summed E-state index contributed by atoms with van der Waals surface area (Å²) in [7, 11) is -1.47. The molecule has 0 spiro atoms. The molecule has 8 nitrogen and oxygen atoms in total. The maximum absolute atomic E-state index is 12.6. The normalized spacial score (nSPS) is 19.6. The first-order valence-corrected chi connectivity index (χ1v) is 12.4. The van der Waals surface area contributed by atoms with Crippen LogP contribution in [-0.2, 0) is 9.84 Å². The van der Waals surface area contributed by atoms with Crippen molar-refractivity contribution >= 4 is 33.2 Å². The predicted molar refractivity (Wildman–Crippen MR) is 122 cm³/mol. The molecule has 168 valence electrons. The number of halogens is 1. The summed E-state index contributed by atoms with van der Waals surface area (Å²) >= 11 is 5.89. The van der Waals surface area contributed by atoms with Gasteiger partial charge < -0.3 is 20.3 Å². The number of methoxy groups -OCH3 is 1. The number of anilines is 1. The fraction of sp³-hybridized carbons (Fsp3) is 0.429. The molecule has 2 N–H and O–H groups in total. The van der Waals surface area contributed by atoms with Crippen LogP contribution in [0.5, 0.6) is 5.75 Å². The first-order chi connectivity index (χ1) is 14.7. The number of carbonyl (C=O) groups excluding carboxylic acids is 1. The average Bonchev–Trinajstić information content (AvgIpc) is 2.74. The van der Waals surface area contributed by atoms with Crippen molar-refractivity contribution in [3.05, 3.63) is 53.3 Å². The van der Waals surface area contributed by atoms with E-state index in [0.717, 1.165) is 5.69 Å². The molecule has 2 heterocycles. The number of hydrogen-bond donors (Lipinski definition) is 2. The molecule has 2 atom stereocenters. The van der Waals surface area contributed by atoms with Crippen molar-refractivity contribution in [2.75, 3.05) is 44.1 Å². The molecule has 0 saturated carbocycles. The second-order valence-corrected chi connectivity index (χ2v) is 10.4. The molecule has 0 aliphatic carbocycles. The highest BCUT2D eigenvalue weighted by molar-refractivity contribution is 7.90. The van der Waals surface area contributed by atoms with Crippen molar-refractivity contribution in [2.45, 2.75) is 18.4 Å². The third kappa shape index (κ3) is 7.09. The van der Waals surface area contributed by atoms with Crippen molar-refractivity contribution in [3.8, 4) is 5.75 Å². The minimum absolute atomic E-state index is 0.0878. The average molecular weight is 467 g/mol. The van der Waals surface area contributed by atoms with Crippen LogP contribution in [0.15, 0.2) is 42.6 Å². The van der Waals surface area contributed by atoms with Crippen molar-refractivity contribution in [1.29, 1.82) is 0 Å². The Labute approximate surface area is 187 Å². The van der Waals surface area contributed by atoms with E-state index >= 15 is 0 Å². The van der Waals surface area contributed by atoms with Gasteiger partial charge in [-0.25, -0.2) is 13.2 Å². The lowest BCUT2D eigenvalue weighted by Crippen LogP contribution is -2.51. The van der Waals surface area contributed by atoms with Gasteiger partial charge in [0.2, 0.25) is 0 Å². The number of nitrogens with one attached hydrogen (secondary N) is 2. The van der Waals surface area contributed by atoms with E-state index in [1.807, 2.05) is 12.1 Å². The summed E-state index contributed by atoms with van der Waals surface area (Å²) < 4.78 is 28.3. The standard InChI is InChI=1S/C21H27ClN4O4S/c1-30-17-7-8-19(23-13-17)18-14-26(11-12-31(2,28)29)10-9-20(18)25-21(27)24-16-5-3-15(22)4-6-16/h3-8,13,18,20H,9-12,14H2,1-2H3,(H2,24,25,27)/t18-,20+/m0/s1. The van der Waals surface area contributed by atoms with Crippen LogP contribution in [0.3, 0.4) is 0 Å². The van der Waals surface area contributed by atoms with E-state index in [2.05, 4.69) is 20.5 Å². The summed E-state index contributed by atoms with van der Waals surface area (Å²) in [6.07, 6.45) is 3.57. The number of nitrogens with zero attached hydrogens (tertiary/aromatic N) is 2. The third-order valence-electron chi connectivity index (χ3n) is 5.27. The summed E-state index contributed by atoms with van der Waals surface area (Å²) in [5.74, 6) is 0.666. The maximum atomic E-state index is 12.6. The molecule has 10 heteroatoms. The van der Waals surface area contributed by atoms with E-state index in [1.165, 1.54) is 6.26 Å². The van der Waals surface area contributed by atoms with Crippen LogP contribution in [0.4, 0.5) is 10.5 Å². The first-order valence-electron chi connectivity index (χ1n) is 9.96. The molecule has 0 radical (unpaired) electrons. The van der Waals surface area contributed by atoms with Crippen LogP contribution in [-0.4, -0.2) is 69.1 Å². The smallest absolute Gasteiger partial charge is 0.319 e. The Morgan fingerprint density at radius 3 is 2.61 bits per heavy atom. The number of piperidine rings is 1. The van der Waals surface area contributed by atoms with E-state index in [0.29, 0.717) is 42.5 Å². The van der Waals surface area contributed by atoms with Gasteiger partial charge in [0.15, 0.2) is 0 Å². The number of rotatable bonds is 7. The third-order valence-corrected chi connectivity index (χ3v) is 6.44. The predicted octanol–water partition coefficient (Wildman–Crippen LogP) is 2.77. The molecule has 0 unspecified atom stereocenters. The molecule has 1 aliphatic rings. The summed E-state index contributed by atoms with van der Waals surface area (Å²) in [5, 5.41) is 6.47. The topological polar surface area (TPSA) is 101 Å². The van der Waals surface area contributed by atoms with Crippen LogP contribution in [0.25, 0.3) is 0 Å². The highest BCUT2D eigenvalue weighted by Crippen LogP contribution is 2.27. The zero-order chi connectivity index (χ0) is 22.4. The fourth-order valence-corrected chi connectivity index (χ4v) is 4.31. The first kappa shape index (κ1) is 23.3. The van der Waals surface area contributed by atoms with Gasteiger partial charge in [-0.1, -0.05) is 11.6 Å². The monoisotopic (exact) mass is 466 g/mol. The Bertz CT molecular complexity index is 983. The number of ether oxygens (including phenoxy) is 1. The number of urea groups is 1. The number of hydrogen-bond acceptors (Lipinski definition) is 6. The number of pyridine rings is 1. The maximum Gasteiger partial charge on any atom is 0.319 e. The molecular weight excluding hydrogens is 440 g/mol. The minimum Gasteiger partial charge on any atom is -0.495 e. The Hall–Kier alpha value is -2.36. The van der Waals surface area contributed by atoms with Gasteiger partial charge in [0, 0.05) is 54.3 Å². The SMILES string of the molecule is COc1ccc([C@@H]2CN(CCS(C)(=O)=O)CC[C@H]2NC(=O)Nc2ccc(Cl)cc2)nc1. The van der Waals surface area contributed by atoms with Crippen molar-refractivity contribution in [1.82, 2.24) is 15.2 Å². The molecular formula is C21H27ClN4O4S. The number of sulfone groups is 1. The Kier molecular flexibility index (Phi) is 7.74. The van der Waals surface area contributed by atoms with Gasteiger partial charge in [0.25, 0.3) is 0 Å². The highest BCUT2D eigenvalue weighted by Gasteiger charge is 2.32. The quantitative estimate of drug-likeness (QED) is 0.650. The number of likely N-dealkylation sites (tertiary alicyclic amines) is 1. The Morgan fingerprint density at radius 2 is 2.00 bits per heavy atom. The second-order valence-electron chi connectivity index (χ2n) is 7.66. The lowest BCUT2D eigenvalue weighted by atomic mass is 9.89. The number of carbonyl (C=O) groups is 1. The van der Waals surface area contributed by atoms with Crippen LogP contribution in [0.1, 0.15) is 18.0 Å². The zero-order valence-corrected chi connectivity index (χ0v) is 19.1. The van der Waals surface area contributed by atoms with Crippen LogP contribution < -0.4 is 15.4 Å². The lowest BCUT2D eigenvalue weighted by Gasteiger charge is -2.38. The molecule has 1 fully saturated rings. The molecule has 31 heavy (non-hydrogen) atoms. The van der Waals surface area contributed by atoms with Crippen LogP contribution in [0, 0.1) is 0 Å². The summed E-state index contributed by atoms with van der Waals surface area (Å²) in [6.45, 7) is 1.74. The molecule has 2 aromatic rings. The molecule has 1 aromatic heterocycles. The van der Waals surface area contributed by atoms with Gasteiger partial charge in [-0.15, -0.1) is 0 Å². The van der Waals surface area contributed by atoms with Gasteiger partial charge in [0.1, 0.15) is 15.6 Å². The van der Waals surface area contributed by atoms with Gasteiger partial charge in [-0.05, 0) is 42.8 Å². The van der Waals surface area contributed by atoms with Gasteiger partial charge in [-0.2, -0.15) is 0 Å². The van der Waals surface area contributed by atoms with Crippen LogP contribution >= 0.6 is 11.6 Å².